The van der Waals surface area contributed by atoms with Gasteiger partial charge < -0.3 is 15.2 Å². The average molecular weight is 241 g/mol. The van der Waals surface area contributed by atoms with Crippen LogP contribution in [0.1, 0.15) is 17.2 Å². The third-order valence-electron chi connectivity index (χ3n) is 2.56. The fourth-order valence-electron chi connectivity index (χ4n) is 1.75. The van der Waals surface area contributed by atoms with E-state index in [1.165, 1.54) is 0 Å². The van der Waals surface area contributed by atoms with E-state index in [9.17, 15) is 0 Å². The quantitative estimate of drug-likeness (QED) is 0.859. The molecule has 0 aliphatic heterocycles. The third kappa shape index (κ3) is 2.62. The normalized spacial score (nSPS) is 12.3. The fourth-order valence-corrected chi connectivity index (χ4v) is 2.29. The lowest BCUT2D eigenvalue weighted by Crippen LogP contribution is -2.14. The maximum atomic E-state index is 6.10. The van der Waals surface area contributed by atoms with Crippen molar-refractivity contribution in [2.75, 3.05) is 26.2 Å². The van der Waals surface area contributed by atoms with Gasteiger partial charge in [-0.25, -0.2) is 0 Å². The molecule has 0 aliphatic carbocycles. The average Bonchev–Trinajstić information content (AvgIpc) is 2.28. The van der Waals surface area contributed by atoms with E-state index in [2.05, 4.69) is 0 Å². The summed E-state index contributed by atoms with van der Waals surface area (Å²) in [6, 6.07) is 3.91. The minimum atomic E-state index is -0.00504. The maximum absolute atomic E-state index is 6.10. The van der Waals surface area contributed by atoms with Crippen molar-refractivity contribution < 1.29 is 9.47 Å². The van der Waals surface area contributed by atoms with Gasteiger partial charge in [-0.1, -0.05) is 6.07 Å². The molecule has 1 aromatic rings. The highest BCUT2D eigenvalue weighted by atomic mass is 32.2. The van der Waals surface area contributed by atoms with Gasteiger partial charge in [0.1, 0.15) is 11.5 Å². The summed E-state index contributed by atoms with van der Waals surface area (Å²) in [5.41, 5.74) is 8.14. The second-order valence-corrected chi connectivity index (χ2v) is 4.49. The van der Waals surface area contributed by atoms with E-state index in [0.29, 0.717) is 0 Å². The van der Waals surface area contributed by atoms with E-state index < -0.39 is 0 Å². The van der Waals surface area contributed by atoms with Crippen LogP contribution >= 0.6 is 11.8 Å². The maximum Gasteiger partial charge on any atom is 0.130 e. The van der Waals surface area contributed by atoms with Crippen LogP contribution in [0.5, 0.6) is 11.5 Å². The summed E-state index contributed by atoms with van der Waals surface area (Å²) in [5, 5.41) is 0. The fraction of sp³-hybridized carbons (Fsp3) is 0.500. The lowest BCUT2D eigenvalue weighted by molar-refractivity contribution is 0.384. The van der Waals surface area contributed by atoms with Crippen molar-refractivity contribution in [3.63, 3.8) is 0 Å². The Morgan fingerprint density at radius 1 is 1.31 bits per heavy atom. The van der Waals surface area contributed by atoms with Crippen molar-refractivity contribution in [2.45, 2.75) is 13.0 Å². The van der Waals surface area contributed by atoms with E-state index >= 15 is 0 Å². The number of methoxy groups -OCH3 is 2. The Labute approximate surface area is 101 Å². The highest BCUT2D eigenvalue weighted by molar-refractivity contribution is 7.98. The second kappa shape index (κ2) is 6.01. The number of ether oxygens (including phenoxy) is 2. The molecule has 0 bridgehead atoms. The first-order chi connectivity index (χ1) is 7.65. The molecule has 0 aliphatic rings. The molecule has 0 radical (unpaired) electrons. The number of rotatable bonds is 5. The monoisotopic (exact) mass is 241 g/mol. The van der Waals surface area contributed by atoms with Crippen LogP contribution in [-0.4, -0.2) is 26.2 Å². The van der Waals surface area contributed by atoms with E-state index in [0.717, 1.165) is 28.4 Å². The highest BCUT2D eigenvalue weighted by Gasteiger charge is 2.16. The molecule has 0 amide bonds. The molecule has 16 heavy (non-hydrogen) atoms. The summed E-state index contributed by atoms with van der Waals surface area (Å²) in [6.45, 7) is 1.98. The first-order valence-corrected chi connectivity index (χ1v) is 6.51. The Morgan fingerprint density at radius 3 is 2.50 bits per heavy atom. The number of benzene rings is 1. The van der Waals surface area contributed by atoms with Gasteiger partial charge in [0.15, 0.2) is 0 Å². The van der Waals surface area contributed by atoms with E-state index in [1.807, 2.05) is 25.3 Å². The molecule has 0 saturated heterocycles. The molecule has 0 fully saturated rings. The van der Waals surface area contributed by atoms with Crippen molar-refractivity contribution in [3.8, 4) is 11.5 Å². The van der Waals surface area contributed by atoms with Gasteiger partial charge in [-0.05, 0) is 19.2 Å². The molecule has 90 valence electrons. The second-order valence-electron chi connectivity index (χ2n) is 3.58. The Hall–Kier alpha value is -0.870. The summed E-state index contributed by atoms with van der Waals surface area (Å²) in [7, 11) is 3.32. The summed E-state index contributed by atoms with van der Waals surface area (Å²) in [4.78, 5) is 0. The van der Waals surface area contributed by atoms with Gasteiger partial charge in [0.25, 0.3) is 0 Å². The zero-order chi connectivity index (χ0) is 12.1. The van der Waals surface area contributed by atoms with Crippen LogP contribution in [0.25, 0.3) is 0 Å². The van der Waals surface area contributed by atoms with Gasteiger partial charge in [-0.2, -0.15) is 11.8 Å². The molecule has 3 nitrogen and oxygen atoms in total. The zero-order valence-electron chi connectivity index (χ0n) is 10.2. The standard InChI is InChI=1S/C12H19NO2S/c1-8-11(14-2)6-5-9(12(8)15-3)10(13)7-16-4/h5-6,10H,7,13H2,1-4H3. The first kappa shape index (κ1) is 13.2. The van der Waals surface area contributed by atoms with Crippen LogP contribution in [0.3, 0.4) is 0 Å². The van der Waals surface area contributed by atoms with Crippen LogP contribution in [0, 0.1) is 6.92 Å². The van der Waals surface area contributed by atoms with Crippen LogP contribution in [-0.2, 0) is 0 Å². The summed E-state index contributed by atoms with van der Waals surface area (Å²) in [5.74, 6) is 2.54. The van der Waals surface area contributed by atoms with Crippen LogP contribution in [0.4, 0.5) is 0 Å². The molecule has 0 heterocycles. The lowest BCUT2D eigenvalue weighted by Gasteiger charge is -2.18. The Kier molecular flexibility index (Phi) is 4.96. The summed E-state index contributed by atoms with van der Waals surface area (Å²) >= 11 is 1.73. The summed E-state index contributed by atoms with van der Waals surface area (Å²) in [6.07, 6.45) is 2.04. The van der Waals surface area contributed by atoms with E-state index in [-0.39, 0.29) is 6.04 Å². The summed E-state index contributed by atoms with van der Waals surface area (Å²) < 4.78 is 10.7. The van der Waals surface area contributed by atoms with Crippen molar-refractivity contribution in [1.29, 1.82) is 0 Å². The van der Waals surface area contributed by atoms with Crippen molar-refractivity contribution in [1.82, 2.24) is 0 Å². The molecular formula is C12H19NO2S. The number of nitrogens with two attached hydrogens (primary N) is 1. The molecule has 0 aromatic heterocycles. The Balaban J connectivity index is 3.14. The number of hydrogen-bond donors (Lipinski definition) is 1. The van der Waals surface area contributed by atoms with Crippen molar-refractivity contribution in [2.24, 2.45) is 5.73 Å². The predicted molar refractivity (Wildman–Crippen MR) is 69.6 cm³/mol. The molecule has 1 atom stereocenters. The number of thioether (sulfide) groups is 1. The molecule has 2 N–H and O–H groups in total. The largest absolute Gasteiger partial charge is 0.496 e. The van der Waals surface area contributed by atoms with E-state index in [4.69, 9.17) is 15.2 Å². The van der Waals surface area contributed by atoms with E-state index in [1.54, 1.807) is 26.0 Å². The smallest absolute Gasteiger partial charge is 0.130 e. The molecule has 1 aromatic carbocycles. The van der Waals surface area contributed by atoms with Gasteiger partial charge in [-0.15, -0.1) is 0 Å². The van der Waals surface area contributed by atoms with Crippen LogP contribution < -0.4 is 15.2 Å². The number of hydrogen-bond acceptors (Lipinski definition) is 4. The van der Waals surface area contributed by atoms with Crippen LogP contribution in [0.15, 0.2) is 12.1 Å². The predicted octanol–water partition coefficient (Wildman–Crippen LogP) is 2.38. The topological polar surface area (TPSA) is 44.5 Å². The zero-order valence-corrected chi connectivity index (χ0v) is 11.1. The van der Waals surface area contributed by atoms with Gasteiger partial charge in [-0.3, -0.25) is 0 Å². The molecular weight excluding hydrogens is 222 g/mol. The highest BCUT2D eigenvalue weighted by Crippen LogP contribution is 2.34. The Morgan fingerprint density at radius 2 is 2.00 bits per heavy atom. The minimum absolute atomic E-state index is 0.00504. The van der Waals surface area contributed by atoms with Crippen molar-refractivity contribution >= 4 is 11.8 Å². The minimum Gasteiger partial charge on any atom is -0.496 e. The van der Waals surface area contributed by atoms with Crippen molar-refractivity contribution in [3.05, 3.63) is 23.3 Å². The third-order valence-corrected chi connectivity index (χ3v) is 3.25. The van der Waals surface area contributed by atoms with Gasteiger partial charge >= 0.3 is 0 Å². The van der Waals surface area contributed by atoms with Crippen LogP contribution in [0.2, 0.25) is 0 Å². The molecule has 4 heteroatoms. The molecule has 0 spiro atoms. The van der Waals surface area contributed by atoms with Gasteiger partial charge in [0.2, 0.25) is 0 Å². The molecule has 1 rings (SSSR count). The first-order valence-electron chi connectivity index (χ1n) is 5.11. The van der Waals surface area contributed by atoms with Gasteiger partial charge in [0, 0.05) is 22.9 Å². The molecule has 0 saturated carbocycles. The Bertz CT molecular complexity index is 355. The van der Waals surface area contributed by atoms with Gasteiger partial charge in [0.05, 0.1) is 14.2 Å². The SMILES string of the molecule is COc1ccc(C(N)CSC)c(OC)c1C. The lowest BCUT2D eigenvalue weighted by atomic mass is 10.0. The molecule has 1 unspecified atom stereocenters.